The molecular formula is C23H27N3O19P4. The number of aliphatic hydroxyl groups excluding tert-OH is 1. The molecule has 268 valence electrons. The molecule has 3 aromatic rings. The Bertz CT molecular complexity index is 1930. The van der Waals surface area contributed by atoms with Crippen molar-refractivity contribution in [1.29, 1.82) is 0 Å². The van der Waals surface area contributed by atoms with Gasteiger partial charge in [-0.25, -0.2) is 27.8 Å². The van der Waals surface area contributed by atoms with Crippen molar-refractivity contribution in [3.63, 3.8) is 0 Å². The van der Waals surface area contributed by atoms with Gasteiger partial charge in [-0.1, -0.05) is 48.5 Å². The Labute approximate surface area is 274 Å². The lowest BCUT2D eigenvalue weighted by atomic mass is 10.1. The van der Waals surface area contributed by atoms with Crippen molar-refractivity contribution >= 4 is 43.1 Å². The summed E-state index contributed by atoms with van der Waals surface area (Å²) < 4.78 is 81.0. The third-order valence-electron chi connectivity index (χ3n) is 5.96. The zero-order chi connectivity index (χ0) is 36.0. The number of amides is 1. The summed E-state index contributed by atoms with van der Waals surface area (Å²) in [5.74, 6) is 0. The largest absolute Gasteiger partial charge is 0.490 e. The number of rotatable bonds is 15. The van der Waals surface area contributed by atoms with E-state index in [1.165, 1.54) is 24.3 Å². The van der Waals surface area contributed by atoms with Crippen LogP contribution in [-0.2, 0) is 56.3 Å². The predicted octanol–water partition coefficient (Wildman–Crippen LogP) is 2.10. The quantitative estimate of drug-likeness (QED) is 0.109. The van der Waals surface area contributed by atoms with Crippen molar-refractivity contribution in [2.24, 2.45) is 0 Å². The van der Waals surface area contributed by atoms with Crippen LogP contribution in [0.2, 0.25) is 0 Å². The van der Waals surface area contributed by atoms with Crippen molar-refractivity contribution in [3.8, 4) is 0 Å². The second-order valence-corrected chi connectivity index (χ2v) is 15.8. The van der Waals surface area contributed by atoms with Crippen LogP contribution in [-0.4, -0.2) is 65.2 Å². The molecule has 2 heterocycles. The number of H-pyrrole nitrogens is 1. The fourth-order valence-electron chi connectivity index (χ4n) is 3.99. The number of hydrogen-bond donors (Lipinski definition) is 7. The molecular weight excluding hydrogens is 746 g/mol. The first-order chi connectivity index (χ1) is 22.8. The summed E-state index contributed by atoms with van der Waals surface area (Å²) in [4.78, 5) is 77.7. The van der Waals surface area contributed by atoms with E-state index in [9.17, 15) is 57.3 Å². The number of anilines is 1. The van der Waals surface area contributed by atoms with Gasteiger partial charge in [0.1, 0.15) is 12.2 Å². The molecule has 0 spiro atoms. The molecule has 0 radical (unpaired) electrons. The first-order valence-corrected chi connectivity index (χ1v) is 19.3. The van der Waals surface area contributed by atoms with E-state index in [2.05, 4.69) is 27.3 Å². The maximum atomic E-state index is 12.6. The predicted molar refractivity (Wildman–Crippen MR) is 161 cm³/mol. The van der Waals surface area contributed by atoms with Crippen molar-refractivity contribution in [3.05, 3.63) is 99.3 Å². The fourth-order valence-corrected chi connectivity index (χ4v) is 8.92. The molecule has 2 aromatic carbocycles. The second-order valence-electron chi connectivity index (χ2n) is 9.61. The van der Waals surface area contributed by atoms with Crippen molar-refractivity contribution in [2.75, 3.05) is 11.9 Å². The van der Waals surface area contributed by atoms with Crippen molar-refractivity contribution in [1.82, 2.24) is 9.55 Å². The Kier molecular flexibility index (Phi) is 12.5. The Balaban J connectivity index is 1.40. The molecule has 7 N–H and O–H groups in total. The maximum Gasteiger partial charge on any atom is 0.490 e. The van der Waals surface area contributed by atoms with E-state index in [0.29, 0.717) is 10.1 Å². The molecule has 0 saturated carbocycles. The third-order valence-corrected chi connectivity index (χ3v) is 11.8. The molecule has 1 fully saturated rings. The number of benzene rings is 2. The number of para-hydroxylation sites is 1. The zero-order valence-electron chi connectivity index (χ0n) is 24.3. The number of aromatic nitrogens is 2. The molecule has 1 saturated heterocycles. The van der Waals surface area contributed by atoms with Crippen LogP contribution in [0.25, 0.3) is 0 Å². The average Bonchev–Trinajstić information content (AvgIpc) is 3.28. The van der Waals surface area contributed by atoms with E-state index in [1.54, 1.807) is 36.4 Å². The standard InChI is InChI=1S/C23H27N3O19P4/c27-18-11-12-26(22(29)25-18)21-20(42-23(30)24-16-9-5-2-6-10-16)19(28)17(41-21)14-40-47(33,34)44-49(37,38)45-48(35,36)43-46(31,32)39-13-15-7-3-1-4-8-15/h1-12,17,19-21,28H,13-14H2,(H,24,30)(H,31,32)(H,33,34)(H,35,36)(H,37,38)(H,25,27,29)/t17-,19?,20+,21-/m1/s1. The van der Waals surface area contributed by atoms with E-state index in [4.69, 9.17) is 9.47 Å². The van der Waals surface area contributed by atoms with Crippen LogP contribution in [0.1, 0.15) is 11.8 Å². The smallest absolute Gasteiger partial charge is 0.438 e. The van der Waals surface area contributed by atoms with E-state index in [0.717, 1.165) is 12.3 Å². The third kappa shape index (κ3) is 11.7. The number of nitrogens with one attached hydrogen (secondary N) is 2. The van der Waals surface area contributed by atoms with E-state index in [-0.39, 0.29) is 5.69 Å². The lowest BCUT2D eigenvalue weighted by molar-refractivity contribution is -0.0551. The van der Waals surface area contributed by atoms with Crippen LogP contribution >= 0.6 is 31.3 Å². The fraction of sp³-hybridized carbons (Fsp3) is 0.261. The van der Waals surface area contributed by atoms with Gasteiger partial charge in [-0.2, -0.15) is 12.9 Å². The van der Waals surface area contributed by atoms with E-state index in [1.807, 2.05) is 4.98 Å². The van der Waals surface area contributed by atoms with Crippen LogP contribution in [0, 0.1) is 0 Å². The van der Waals surface area contributed by atoms with Gasteiger partial charge in [0.15, 0.2) is 12.3 Å². The molecule has 1 amide bonds. The molecule has 4 rings (SSSR count). The Hall–Kier alpha value is -3.13. The van der Waals surface area contributed by atoms with Crippen molar-refractivity contribution < 1.29 is 79.2 Å². The van der Waals surface area contributed by atoms with Gasteiger partial charge >= 0.3 is 43.1 Å². The molecule has 49 heavy (non-hydrogen) atoms. The number of aromatic amines is 1. The lowest BCUT2D eigenvalue weighted by Crippen LogP contribution is -2.41. The highest BCUT2D eigenvalue weighted by molar-refractivity contribution is 7.69. The number of phosphoric acid groups is 4. The number of phosphoric ester groups is 2. The first-order valence-electron chi connectivity index (χ1n) is 13.3. The van der Waals surface area contributed by atoms with Crippen LogP contribution < -0.4 is 16.6 Å². The first kappa shape index (κ1) is 38.7. The average molecular weight is 773 g/mol. The number of aliphatic hydroxyl groups is 1. The van der Waals surface area contributed by atoms with Crippen LogP contribution in [0.3, 0.4) is 0 Å². The highest BCUT2D eigenvalue weighted by atomic mass is 31.3. The highest BCUT2D eigenvalue weighted by Gasteiger charge is 2.50. The van der Waals surface area contributed by atoms with Crippen LogP contribution in [0.5, 0.6) is 0 Å². The lowest BCUT2D eigenvalue weighted by Gasteiger charge is -2.22. The summed E-state index contributed by atoms with van der Waals surface area (Å²) in [6.07, 6.45) is -7.34. The summed E-state index contributed by atoms with van der Waals surface area (Å²) in [7, 11) is -23.4. The Morgan fingerprint density at radius 1 is 0.816 bits per heavy atom. The van der Waals surface area contributed by atoms with Gasteiger partial charge in [0, 0.05) is 18.0 Å². The molecule has 8 atom stereocenters. The van der Waals surface area contributed by atoms with Gasteiger partial charge in [0.2, 0.25) is 0 Å². The van der Waals surface area contributed by atoms with Crippen molar-refractivity contribution in [2.45, 2.75) is 31.1 Å². The summed E-state index contributed by atoms with van der Waals surface area (Å²) >= 11 is 0. The SMILES string of the molecule is O=C(Nc1ccccc1)O[C@H]1C(O)[C@@H](COP(=O)(O)OP(=O)(O)OP(=O)(O)OP(=O)(O)OCc2ccccc2)O[C@H]1n1ccc(=O)[nH]c1=O. The molecule has 5 unspecified atom stereocenters. The minimum atomic E-state index is -6.13. The minimum absolute atomic E-state index is 0.270. The number of nitrogens with zero attached hydrogens (tertiary/aromatic N) is 1. The highest BCUT2D eigenvalue weighted by Crippen LogP contribution is 2.71. The Morgan fingerprint density at radius 3 is 1.96 bits per heavy atom. The number of hydrogen-bond acceptors (Lipinski definition) is 15. The normalized spacial score (nSPS) is 24.1. The molecule has 1 aromatic heterocycles. The summed E-state index contributed by atoms with van der Waals surface area (Å²) in [5.41, 5.74) is -1.30. The Morgan fingerprint density at radius 2 is 1.37 bits per heavy atom. The van der Waals surface area contributed by atoms with Gasteiger partial charge < -0.3 is 34.2 Å². The summed E-state index contributed by atoms with van der Waals surface area (Å²) in [6, 6.07) is 16.3. The molecule has 26 heteroatoms. The van der Waals surface area contributed by atoms with Gasteiger partial charge in [0.05, 0.1) is 13.2 Å². The van der Waals surface area contributed by atoms with E-state index < -0.39 is 86.4 Å². The number of carbonyl (C=O) groups is 1. The number of ether oxygens (including phenoxy) is 2. The summed E-state index contributed by atoms with van der Waals surface area (Å²) in [6.45, 7) is -1.81. The van der Waals surface area contributed by atoms with Crippen LogP contribution in [0.4, 0.5) is 10.5 Å². The topological polar surface area (TPSA) is 318 Å². The molecule has 1 aliphatic rings. The summed E-state index contributed by atoms with van der Waals surface area (Å²) in [5, 5.41) is 13.2. The monoisotopic (exact) mass is 773 g/mol. The second kappa shape index (κ2) is 15.8. The molecule has 0 aliphatic carbocycles. The van der Waals surface area contributed by atoms with Crippen LogP contribution in [0.15, 0.2) is 82.5 Å². The van der Waals surface area contributed by atoms with E-state index >= 15 is 0 Å². The van der Waals surface area contributed by atoms with Gasteiger partial charge in [-0.3, -0.25) is 28.7 Å². The zero-order valence-corrected chi connectivity index (χ0v) is 27.9. The van der Waals surface area contributed by atoms with Gasteiger partial charge in [-0.05, 0) is 17.7 Å². The maximum absolute atomic E-state index is 12.6. The molecule has 22 nitrogen and oxygen atoms in total. The molecule has 1 aliphatic heterocycles. The number of carbonyl (C=O) groups excluding carboxylic acids is 1. The minimum Gasteiger partial charge on any atom is -0.438 e. The van der Waals surface area contributed by atoms with Gasteiger partial charge in [-0.15, -0.1) is 0 Å². The molecule has 0 bridgehead atoms. The van der Waals surface area contributed by atoms with Gasteiger partial charge in [0.25, 0.3) is 5.56 Å².